The summed E-state index contributed by atoms with van der Waals surface area (Å²) in [5, 5.41) is 0. The molecule has 1 aromatic carbocycles. The molecule has 0 aromatic heterocycles. The molecule has 1 rings (SSSR count). The fourth-order valence-corrected chi connectivity index (χ4v) is 6.32. The second-order valence-corrected chi connectivity index (χ2v) is 27.8. The summed E-state index contributed by atoms with van der Waals surface area (Å²) in [7, 11) is 0. The van der Waals surface area contributed by atoms with E-state index in [9.17, 15) is 0 Å². The Kier molecular flexibility index (Phi) is 4.87. The van der Waals surface area contributed by atoms with Crippen molar-refractivity contribution in [2.75, 3.05) is 0 Å². The summed E-state index contributed by atoms with van der Waals surface area (Å²) < 4.78 is 1.33. The van der Waals surface area contributed by atoms with Gasteiger partial charge in [-0.15, -0.1) is 0 Å². The van der Waals surface area contributed by atoms with E-state index in [-0.39, 0.29) is 0 Å². The van der Waals surface area contributed by atoms with Crippen molar-refractivity contribution in [2.45, 2.75) is 4.43 Å². The molecular formula is C7H7I3. The Bertz CT molecular complexity index is 183. The standard InChI is InChI=1S/C7H7I3/c8-10(9)6-7-4-2-1-3-5-7/h1-5H,6H2. The summed E-state index contributed by atoms with van der Waals surface area (Å²) in [4.78, 5) is 0. The number of benzene rings is 1. The van der Waals surface area contributed by atoms with Gasteiger partial charge in [-0.3, -0.25) is 0 Å². The van der Waals surface area contributed by atoms with Crippen molar-refractivity contribution < 1.29 is 0 Å². The zero-order valence-electron chi connectivity index (χ0n) is 5.23. The molecule has 0 radical (unpaired) electrons. The number of halogens is 3. The van der Waals surface area contributed by atoms with Gasteiger partial charge in [-0.05, 0) is 0 Å². The topological polar surface area (TPSA) is 0 Å². The van der Waals surface area contributed by atoms with Crippen LogP contribution in [0.5, 0.6) is 0 Å². The van der Waals surface area contributed by atoms with E-state index < -0.39 is 11.9 Å². The number of rotatable bonds is 2. The normalized spacial score (nSPS) is 11.2. The number of hydrogen-bond acceptors (Lipinski definition) is 0. The second kappa shape index (κ2) is 5.13. The molecule has 0 bridgehead atoms. The molecule has 0 spiro atoms. The second-order valence-electron chi connectivity index (χ2n) is 1.88. The monoisotopic (exact) mass is 472 g/mol. The molecule has 0 saturated carbocycles. The van der Waals surface area contributed by atoms with Gasteiger partial charge >= 0.3 is 89.4 Å². The Morgan fingerprint density at radius 1 is 1.10 bits per heavy atom. The van der Waals surface area contributed by atoms with Crippen LogP contribution in [-0.2, 0) is 4.43 Å². The first-order valence-corrected chi connectivity index (χ1v) is 16.9. The van der Waals surface area contributed by atoms with E-state index in [0.717, 1.165) is 0 Å². The Hall–Kier alpha value is 1.41. The fourth-order valence-electron chi connectivity index (χ4n) is 0.684. The van der Waals surface area contributed by atoms with Crippen LogP contribution in [0.15, 0.2) is 30.3 Å². The average Bonchev–Trinajstić information content (AvgIpc) is 1.88. The van der Waals surface area contributed by atoms with Crippen molar-refractivity contribution in [1.82, 2.24) is 0 Å². The summed E-state index contributed by atoms with van der Waals surface area (Å²) in [5.74, 6) is 0. The zero-order valence-corrected chi connectivity index (χ0v) is 11.7. The quantitative estimate of drug-likeness (QED) is 0.443. The summed E-state index contributed by atoms with van der Waals surface area (Å²) >= 11 is 4.57. The van der Waals surface area contributed by atoms with Gasteiger partial charge in [0.2, 0.25) is 0 Å². The first-order valence-electron chi connectivity index (χ1n) is 2.82. The third-order valence-corrected chi connectivity index (χ3v) is 6.42. The molecule has 1 aromatic rings. The SMILES string of the molecule is II(I)Cc1ccccc1. The van der Waals surface area contributed by atoms with Crippen LogP contribution in [0.25, 0.3) is 0 Å². The molecule has 0 atom stereocenters. The molecule has 0 nitrogen and oxygen atoms in total. The van der Waals surface area contributed by atoms with E-state index in [1.807, 2.05) is 0 Å². The van der Waals surface area contributed by atoms with E-state index in [4.69, 9.17) is 0 Å². The van der Waals surface area contributed by atoms with Gasteiger partial charge in [0.05, 0.1) is 0 Å². The van der Waals surface area contributed by atoms with Crippen LogP contribution in [0.4, 0.5) is 0 Å². The summed E-state index contributed by atoms with van der Waals surface area (Å²) in [5.41, 5.74) is 1.50. The minimum absolute atomic E-state index is 0.606. The predicted octanol–water partition coefficient (Wildman–Crippen LogP) is 4.39. The van der Waals surface area contributed by atoms with E-state index in [0.29, 0.717) is 0 Å². The molecule has 0 aliphatic carbocycles. The first-order chi connectivity index (χ1) is 4.79. The predicted molar refractivity (Wildman–Crippen MR) is 72.2 cm³/mol. The third kappa shape index (κ3) is 3.70. The Morgan fingerprint density at radius 2 is 1.70 bits per heavy atom. The first kappa shape index (κ1) is 9.50. The Morgan fingerprint density at radius 3 is 2.20 bits per heavy atom. The van der Waals surface area contributed by atoms with Gasteiger partial charge in [0.15, 0.2) is 0 Å². The Balaban J connectivity index is 2.59. The molecule has 0 heterocycles. The van der Waals surface area contributed by atoms with Crippen molar-refractivity contribution >= 4 is 49.1 Å². The molecule has 0 amide bonds. The van der Waals surface area contributed by atoms with Crippen LogP contribution in [0.2, 0.25) is 0 Å². The maximum absolute atomic E-state index is 2.59. The molecule has 10 heavy (non-hydrogen) atoms. The number of alkyl halides is 1. The van der Waals surface area contributed by atoms with Gasteiger partial charge < -0.3 is 0 Å². The van der Waals surface area contributed by atoms with Crippen LogP contribution in [0.3, 0.4) is 0 Å². The van der Waals surface area contributed by atoms with E-state index >= 15 is 0 Å². The van der Waals surface area contributed by atoms with Crippen molar-refractivity contribution in [2.24, 2.45) is 0 Å². The van der Waals surface area contributed by atoms with Crippen LogP contribution in [-0.4, -0.2) is 0 Å². The summed E-state index contributed by atoms with van der Waals surface area (Å²) in [6.45, 7) is 0. The molecule has 0 aliphatic rings. The maximum atomic E-state index is 2.59. The van der Waals surface area contributed by atoms with Crippen LogP contribution in [0, 0.1) is 0 Å². The molecule has 0 saturated heterocycles. The number of hydrogen-bond donors (Lipinski definition) is 0. The average molecular weight is 472 g/mol. The molecule has 0 fully saturated rings. The van der Waals surface area contributed by atoms with Gasteiger partial charge in [-0.1, -0.05) is 0 Å². The van der Waals surface area contributed by atoms with Crippen molar-refractivity contribution in [3.63, 3.8) is 0 Å². The molecular weight excluding hydrogens is 465 g/mol. The third-order valence-electron chi connectivity index (χ3n) is 1.10. The molecule has 0 N–H and O–H groups in total. The van der Waals surface area contributed by atoms with E-state index in [1.165, 1.54) is 9.99 Å². The fraction of sp³-hybridized carbons (Fsp3) is 0.143. The molecule has 56 valence electrons. The van der Waals surface area contributed by atoms with Crippen LogP contribution >= 0.6 is 49.1 Å². The van der Waals surface area contributed by atoms with Crippen LogP contribution < -0.4 is 0 Å². The van der Waals surface area contributed by atoms with Crippen molar-refractivity contribution in [3.8, 4) is 0 Å². The van der Waals surface area contributed by atoms with Gasteiger partial charge in [0.1, 0.15) is 0 Å². The van der Waals surface area contributed by atoms with Gasteiger partial charge in [0, 0.05) is 0 Å². The summed E-state index contributed by atoms with van der Waals surface area (Å²) in [6, 6.07) is 10.7. The van der Waals surface area contributed by atoms with Gasteiger partial charge in [-0.2, -0.15) is 0 Å². The zero-order chi connectivity index (χ0) is 7.40. The minimum atomic E-state index is -0.606. The van der Waals surface area contributed by atoms with Gasteiger partial charge in [0.25, 0.3) is 0 Å². The van der Waals surface area contributed by atoms with Crippen molar-refractivity contribution in [1.29, 1.82) is 0 Å². The molecule has 0 aliphatic heterocycles. The van der Waals surface area contributed by atoms with E-state index in [2.05, 4.69) is 67.6 Å². The van der Waals surface area contributed by atoms with Crippen molar-refractivity contribution in [3.05, 3.63) is 35.9 Å². The summed E-state index contributed by atoms with van der Waals surface area (Å²) in [6.07, 6.45) is 0. The Labute approximate surface area is 87.9 Å². The van der Waals surface area contributed by atoms with Gasteiger partial charge in [-0.25, -0.2) is 0 Å². The molecule has 3 heteroatoms. The van der Waals surface area contributed by atoms with E-state index in [1.54, 1.807) is 0 Å². The van der Waals surface area contributed by atoms with Crippen LogP contribution in [0.1, 0.15) is 5.56 Å². The molecule has 0 unspecified atom stereocenters.